The molecule has 30 heavy (non-hydrogen) atoms. The molecule has 1 N–H and O–H groups in total. The number of nitrogens with zero attached hydrogens (tertiary/aromatic N) is 2. The smallest absolute Gasteiger partial charge is 0.328 e. The summed E-state index contributed by atoms with van der Waals surface area (Å²) in [6.45, 7) is 3.88. The van der Waals surface area contributed by atoms with Gasteiger partial charge in [-0.3, -0.25) is 4.79 Å². The number of thioether (sulfide) groups is 1. The van der Waals surface area contributed by atoms with Gasteiger partial charge in [0, 0.05) is 16.3 Å². The number of hydrogen-bond donors (Lipinski definition) is 1. The van der Waals surface area contributed by atoms with Crippen molar-refractivity contribution in [1.82, 2.24) is 15.5 Å². The lowest BCUT2D eigenvalue weighted by atomic mass is 9.99. The van der Waals surface area contributed by atoms with E-state index in [1.54, 1.807) is 0 Å². The van der Waals surface area contributed by atoms with Gasteiger partial charge in [-0.1, -0.05) is 86.6 Å². The molecule has 0 saturated heterocycles. The van der Waals surface area contributed by atoms with E-state index in [0.29, 0.717) is 5.03 Å². The first-order valence-corrected chi connectivity index (χ1v) is 10.8. The largest absolute Gasteiger partial charge is 0.467 e. The molecule has 0 saturated carbocycles. The van der Waals surface area contributed by atoms with Gasteiger partial charge in [0.2, 0.25) is 5.91 Å². The highest BCUT2D eigenvalue weighted by molar-refractivity contribution is 8.00. The number of amides is 1. The molecular weight excluding hydrogens is 398 g/mol. The minimum atomic E-state index is -0.656. The third-order valence-electron chi connectivity index (χ3n) is 5.03. The van der Waals surface area contributed by atoms with E-state index < -0.39 is 12.0 Å². The van der Waals surface area contributed by atoms with Gasteiger partial charge in [-0.2, -0.15) is 0 Å². The number of carbonyl (C=O) groups is 2. The Bertz CT molecular complexity index is 1030. The maximum atomic E-state index is 12.5. The summed E-state index contributed by atoms with van der Waals surface area (Å²) in [4.78, 5) is 24.5. The van der Waals surface area contributed by atoms with Gasteiger partial charge in [0.05, 0.1) is 12.9 Å². The summed E-state index contributed by atoms with van der Waals surface area (Å²) in [6.07, 6.45) is 0.754. The lowest BCUT2D eigenvalue weighted by Gasteiger charge is -2.21. The fourth-order valence-corrected chi connectivity index (χ4v) is 3.92. The van der Waals surface area contributed by atoms with Crippen LogP contribution < -0.4 is 5.32 Å². The molecule has 3 rings (SSSR count). The van der Waals surface area contributed by atoms with Crippen molar-refractivity contribution in [3.05, 3.63) is 54.6 Å². The third kappa shape index (κ3) is 4.97. The number of rotatable bonds is 8. The van der Waals surface area contributed by atoms with E-state index in [1.807, 2.05) is 68.4 Å². The van der Waals surface area contributed by atoms with Crippen molar-refractivity contribution in [1.29, 1.82) is 0 Å². The standard InChI is InChI=1S/C23H25N3O3S/c1-4-15(2)20(23(28)29-3)24-19(27)14-30-22-18-13-9-8-12-17(18)21(25-26-22)16-10-6-5-7-11-16/h5-13,15,20H,4,14H2,1-3H3,(H,24,27)/t15-,20+/m0/s1. The Balaban J connectivity index is 1.78. The first-order chi connectivity index (χ1) is 14.5. The highest BCUT2D eigenvalue weighted by Gasteiger charge is 2.26. The average Bonchev–Trinajstić information content (AvgIpc) is 2.80. The van der Waals surface area contributed by atoms with E-state index >= 15 is 0 Å². The van der Waals surface area contributed by atoms with Gasteiger partial charge in [0.1, 0.15) is 16.8 Å². The van der Waals surface area contributed by atoms with Crippen molar-refractivity contribution in [3.63, 3.8) is 0 Å². The predicted octanol–water partition coefficient (Wildman–Crippen LogP) is 4.09. The number of benzene rings is 2. The summed E-state index contributed by atoms with van der Waals surface area (Å²) in [5.41, 5.74) is 1.80. The van der Waals surface area contributed by atoms with Crippen LogP contribution in [0.3, 0.4) is 0 Å². The van der Waals surface area contributed by atoms with Crippen molar-refractivity contribution in [3.8, 4) is 11.3 Å². The average molecular weight is 424 g/mol. The van der Waals surface area contributed by atoms with Crippen LogP contribution in [0.2, 0.25) is 0 Å². The molecular formula is C23H25N3O3S. The van der Waals surface area contributed by atoms with E-state index in [-0.39, 0.29) is 17.6 Å². The molecule has 0 spiro atoms. The molecule has 3 aromatic rings. The maximum Gasteiger partial charge on any atom is 0.328 e. The number of carbonyl (C=O) groups excluding carboxylic acids is 2. The number of ether oxygens (including phenoxy) is 1. The van der Waals surface area contributed by atoms with Crippen molar-refractivity contribution in [2.45, 2.75) is 31.3 Å². The second kappa shape index (κ2) is 10.2. The van der Waals surface area contributed by atoms with Gasteiger partial charge in [-0.15, -0.1) is 10.2 Å². The van der Waals surface area contributed by atoms with Crippen molar-refractivity contribution >= 4 is 34.4 Å². The molecule has 156 valence electrons. The first kappa shape index (κ1) is 21.8. The van der Waals surface area contributed by atoms with Crippen LogP contribution in [0.25, 0.3) is 22.0 Å². The van der Waals surface area contributed by atoms with Gasteiger partial charge in [0.15, 0.2) is 0 Å². The predicted molar refractivity (Wildman–Crippen MR) is 119 cm³/mol. The Kier molecular flexibility index (Phi) is 7.41. The zero-order chi connectivity index (χ0) is 21.5. The van der Waals surface area contributed by atoms with E-state index in [0.717, 1.165) is 28.5 Å². The van der Waals surface area contributed by atoms with Crippen LogP contribution in [0.4, 0.5) is 0 Å². The number of nitrogens with one attached hydrogen (secondary N) is 1. The number of aromatic nitrogens is 2. The Morgan fingerprint density at radius 2 is 1.70 bits per heavy atom. The molecule has 0 radical (unpaired) electrons. The number of methoxy groups -OCH3 is 1. The normalized spacial score (nSPS) is 12.9. The van der Waals surface area contributed by atoms with Crippen molar-refractivity contribution in [2.24, 2.45) is 5.92 Å². The zero-order valence-corrected chi connectivity index (χ0v) is 18.1. The Morgan fingerprint density at radius 1 is 1.03 bits per heavy atom. The molecule has 0 aliphatic heterocycles. The first-order valence-electron chi connectivity index (χ1n) is 9.86. The quantitative estimate of drug-likeness (QED) is 0.434. The molecule has 0 bridgehead atoms. The van der Waals surface area contributed by atoms with Crippen LogP contribution in [0.1, 0.15) is 20.3 Å². The highest BCUT2D eigenvalue weighted by Crippen LogP contribution is 2.31. The SMILES string of the molecule is CC[C@H](C)[C@@H](NC(=O)CSc1nnc(-c2ccccc2)c2ccccc12)C(=O)OC. The summed E-state index contributed by atoms with van der Waals surface area (Å²) in [7, 11) is 1.33. The van der Waals surface area contributed by atoms with Crippen LogP contribution in [-0.4, -0.2) is 41.0 Å². The fraction of sp³-hybridized carbons (Fsp3) is 0.304. The number of esters is 1. The lowest BCUT2D eigenvalue weighted by Crippen LogP contribution is -2.46. The molecule has 2 atom stereocenters. The summed E-state index contributed by atoms with van der Waals surface area (Å²) < 4.78 is 4.83. The van der Waals surface area contributed by atoms with E-state index in [2.05, 4.69) is 15.5 Å². The lowest BCUT2D eigenvalue weighted by molar-refractivity contribution is -0.146. The van der Waals surface area contributed by atoms with E-state index in [1.165, 1.54) is 18.9 Å². The molecule has 0 fully saturated rings. The zero-order valence-electron chi connectivity index (χ0n) is 17.3. The second-order valence-electron chi connectivity index (χ2n) is 7.01. The highest BCUT2D eigenvalue weighted by atomic mass is 32.2. The van der Waals surface area contributed by atoms with Crippen LogP contribution in [0.15, 0.2) is 59.6 Å². The van der Waals surface area contributed by atoms with Crippen LogP contribution >= 0.6 is 11.8 Å². The van der Waals surface area contributed by atoms with E-state index in [9.17, 15) is 9.59 Å². The topological polar surface area (TPSA) is 81.2 Å². The van der Waals surface area contributed by atoms with E-state index in [4.69, 9.17) is 4.74 Å². The maximum absolute atomic E-state index is 12.5. The number of hydrogen-bond acceptors (Lipinski definition) is 6. The van der Waals surface area contributed by atoms with Gasteiger partial charge in [-0.25, -0.2) is 4.79 Å². The second-order valence-corrected chi connectivity index (χ2v) is 7.97. The Hall–Kier alpha value is -2.93. The van der Waals surface area contributed by atoms with Gasteiger partial charge in [-0.05, 0) is 5.92 Å². The van der Waals surface area contributed by atoms with Gasteiger partial charge in [0.25, 0.3) is 0 Å². The minimum Gasteiger partial charge on any atom is -0.467 e. The summed E-state index contributed by atoms with van der Waals surface area (Å²) in [5, 5.41) is 14.2. The molecule has 1 amide bonds. The Labute approximate surface area is 180 Å². The van der Waals surface area contributed by atoms with Crippen LogP contribution in [0, 0.1) is 5.92 Å². The van der Waals surface area contributed by atoms with Crippen LogP contribution in [0.5, 0.6) is 0 Å². The molecule has 7 heteroatoms. The summed E-state index contributed by atoms with van der Waals surface area (Å²) >= 11 is 1.30. The van der Waals surface area contributed by atoms with Gasteiger partial charge >= 0.3 is 5.97 Å². The monoisotopic (exact) mass is 423 g/mol. The summed E-state index contributed by atoms with van der Waals surface area (Å²) in [6, 6.07) is 17.1. The van der Waals surface area contributed by atoms with Crippen LogP contribution in [-0.2, 0) is 14.3 Å². The third-order valence-corrected chi connectivity index (χ3v) is 6.01. The van der Waals surface area contributed by atoms with Gasteiger partial charge < -0.3 is 10.1 Å². The molecule has 2 aromatic carbocycles. The molecule has 1 heterocycles. The van der Waals surface area contributed by atoms with Crippen molar-refractivity contribution in [2.75, 3.05) is 12.9 Å². The Morgan fingerprint density at radius 3 is 2.37 bits per heavy atom. The minimum absolute atomic E-state index is 0.0165. The molecule has 0 aliphatic rings. The molecule has 0 aliphatic carbocycles. The molecule has 1 aromatic heterocycles. The molecule has 0 unspecified atom stereocenters. The molecule has 6 nitrogen and oxygen atoms in total. The number of fused-ring (bicyclic) bond motifs is 1. The summed E-state index contributed by atoms with van der Waals surface area (Å²) in [5.74, 6) is -0.557. The van der Waals surface area contributed by atoms with Crippen molar-refractivity contribution < 1.29 is 14.3 Å². The fourth-order valence-electron chi connectivity index (χ4n) is 3.14.